The summed E-state index contributed by atoms with van der Waals surface area (Å²) in [6.45, 7) is 2.36. The molecule has 0 aliphatic carbocycles. The Balaban J connectivity index is 2.14. The van der Waals surface area contributed by atoms with Crippen LogP contribution in [0, 0.1) is 6.92 Å². The summed E-state index contributed by atoms with van der Waals surface area (Å²) >= 11 is 0. The molecule has 0 aliphatic rings. The number of carboxylic acids is 1. The van der Waals surface area contributed by atoms with Gasteiger partial charge in [0.2, 0.25) is 0 Å². The zero-order valence-electron chi connectivity index (χ0n) is 9.40. The normalized spacial score (nSPS) is 10.2. The Kier molecular flexibility index (Phi) is 3.09. The van der Waals surface area contributed by atoms with Crippen molar-refractivity contribution in [3.63, 3.8) is 0 Å². The molecule has 0 fully saturated rings. The number of benzene rings is 1. The van der Waals surface area contributed by atoms with E-state index in [0.717, 1.165) is 11.3 Å². The number of carboxylic acid groups (broad SMARTS) is 1. The Labute approximate surface area is 98.5 Å². The molecule has 0 aliphatic heterocycles. The van der Waals surface area contributed by atoms with Crippen molar-refractivity contribution in [2.75, 3.05) is 5.32 Å². The van der Waals surface area contributed by atoms with Gasteiger partial charge in [0.15, 0.2) is 5.69 Å². The minimum absolute atomic E-state index is 0.0263. The molecule has 1 aromatic heterocycles. The third kappa shape index (κ3) is 2.44. The van der Waals surface area contributed by atoms with Gasteiger partial charge in [-0.1, -0.05) is 30.3 Å². The second-order valence-electron chi connectivity index (χ2n) is 3.72. The number of aryl methyl sites for hydroxylation is 1. The van der Waals surface area contributed by atoms with Gasteiger partial charge in [-0.15, -0.1) is 0 Å². The second-order valence-corrected chi connectivity index (χ2v) is 3.72. The average Bonchev–Trinajstić information content (AvgIpc) is 2.69. The van der Waals surface area contributed by atoms with Crippen LogP contribution >= 0.6 is 0 Å². The van der Waals surface area contributed by atoms with Crippen LogP contribution in [0.4, 0.5) is 5.69 Å². The summed E-state index contributed by atoms with van der Waals surface area (Å²) in [5, 5.41) is 18.4. The monoisotopic (exact) mass is 231 g/mol. The predicted octanol–water partition coefficient (Wildman–Crippen LogP) is 2.03. The highest BCUT2D eigenvalue weighted by Gasteiger charge is 2.15. The van der Waals surface area contributed by atoms with Crippen molar-refractivity contribution in [3.05, 3.63) is 47.3 Å². The summed E-state index contributed by atoms with van der Waals surface area (Å²) < 4.78 is 0. The van der Waals surface area contributed by atoms with Crippen molar-refractivity contribution in [2.24, 2.45) is 0 Å². The number of aromatic nitrogens is 2. The lowest BCUT2D eigenvalue weighted by Gasteiger charge is -2.06. The van der Waals surface area contributed by atoms with E-state index in [1.54, 1.807) is 6.92 Å². The van der Waals surface area contributed by atoms with Gasteiger partial charge in [-0.2, -0.15) is 5.10 Å². The Bertz CT molecular complexity index is 520. The zero-order valence-corrected chi connectivity index (χ0v) is 9.40. The largest absolute Gasteiger partial charge is 0.476 e. The molecule has 2 rings (SSSR count). The SMILES string of the molecule is Cc1[nH]nc(C(=O)O)c1NCc1ccccc1. The van der Waals surface area contributed by atoms with E-state index in [1.165, 1.54) is 0 Å². The van der Waals surface area contributed by atoms with Crippen LogP contribution in [0.5, 0.6) is 0 Å². The molecule has 0 unspecified atom stereocenters. The van der Waals surface area contributed by atoms with Crippen molar-refractivity contribution in [1.82, 2.24) is 10.2 Å². The summed E-state index contributed by atoms with van der Waals surface area (Å²) in [7, 11) is 0. The van der Waals surface area contributed by atoms with Gasteiger partial charge in [0, 0.05) is 6.54 Å². The molecular formula is C12H13N3O2. The number of nitrogens with zero attached hydrogens (tertiary/aromatic N) is 1. The summed E-state index contributed by atoms with van der Waals surface area (Å²) in [6.07, 6.45) is 0. The van der Waals surface area contributed by atoms with Crippen molar-refractivity contribution in [1.29, 1.82) is 0 Å². The van der Waals surface area contributed by atoms with Crippen molar-refractivity contribution in [3.8, 4) is 0 Å². The topological polar surface area (TPSA) is 78.0 Å². The zero-order chi connectivity index (χ0) is 12.3. The fourth-order valence-electron chi connectivity index (χ4n) is 1.59. The van der Waals surface area contributed by atoms with Crippen molar-refractivity contribution < 1.29 is 9.90 Å². The van der Waals surface area contributed by atoms with Crippen LogP contribution in [-0.4, -0.2) is 21.3 Å². The smallest absolute Gasteiger partial charge is 0.358 e. The first kappa shape index (κ1) is 11.2. The number of aromatic carboxylic acids is 1. The average molecular weight is 231 g/mol. The maximum Gasteiger partial charge on any atom is 0.358 e. The van der Waals surface area contributed by atoms with Crippen LogP contribution in [0.1, 0.15) is 21.7 Å². The minimum Gasteiger partial charge on any atom is -0.476 e. The standard InChI is InChI=1S/C12H13N3O2/c1-8-10(11(12(16)17)15-14-8)13-7-9-5-3-2-4-6-9/h2-6,13H,7H2,1H3,(H,14,15)(H,16,17). The van der Waals surface area contributed by atoms with E-state index in [-0.39, 0.29) is 5.69 Å². The quantitative estimate of drug-likeness (QED) is 0.752. The van der Waals surface area contributed by atoms with E-state index in [0.29, 0.717) is 12.2 Å². The molecule has 0 saturated heterocycles. The molecule has 5 nitrogen and oxygen atoms in total. The minimum atomic E-state index is -1.04. The van der Waals surface area contributed by atoms with E-state index in [4.69, 9.17) is 5.11 Å². The van der Waals surface area contributed by atoms with Crippen molar-refractivity contribution >= 4 is 11.7 Å². The number of H-pyrrole nitrogens is 1. The lowest BCUT2D eigenvalue weighted by molar-refractivity contribution is 0.0691. The molecular weight excluding hydrogens is 218 g/mol. The Morgan fingerprint density at radius 1 is 1.41 bits per heavy atom. The van der Waals surface area contributed by atoms with E-state index in [9.17, 15) is 4.79 Å². The van der Waals surface area contributed by atoms with Crippen LogP contribution in [-0.2, 0) is 6.54 Å². The molecule has 5 heteroatoms. The molecule has 2 aromatic rings. The first-order valence-corrected chi connectivity index (χ1v) is 5.24. The van der Waals surface area contributed by atoms with Crippen LogP contribution in [0.15, 0.2) is 30.3 Å². The van der Waals surface area contributed by atoms with Gasteiger partial charge in [0.05, 0.1) is 11.4 Å². The van der Waals surface area contributed by atoms with Crippen LogP contribution in [0.25, 0.3) is 0 Å². The number of anilines is 1. The summed E-state index contributed by atoms with van der Waals surface area (Å²) in [6, 6.07) is 9.77. The maximum absolute atomic E-state index is 10.9. The number of carbonyl (C=O) groups is 1. The fourth-order valence-corrected chi connectivity index (χ4v) is 1.59. The lowest BCUT2D eigenvalue weighted by Crippen LogP contribution is -2.06. The molecule has 0 saturated carbocycles. The highest BCUT2D eigenvalue weighted by molar-refractivity contribution is 5.92. The van der Waals surface area contributed by atoms with E-state index < -0.39 is 5.97 Å². The first-order chi connectivity index (χ1) is 8.18. The van der Waals surface area contributed by atoms with Gasteiger partial charge < -0.3 is 10.4 Å². The molecule has 0 atom stereocenters. The van der Waals surface area contributed by atoms with Crippen LogP contribution in [0.3, 0.4) is 0 Å². The third-order valence-corrected chi connectivity index (χ3v) is 2.46. The summed E-state index contributed by atoms with van der Waals surface area (Å²) in [5.41, 5.74) is 2.38. The lowest BCUT2D eigenvalue weighted by atomic mass is 10.2. The first-order valence-electron chi connectivity index (χ1n) is 5.24. The Morgan fingerprint density at radius 2 is 2.12 bits per heavy atom. The van der Waals surface area contributed by atoms with E-state index in [2.05, 4.69) is 15.5 Å². The summed E-state index contributed by atoms with van der Waals surface area (Å²) in [4.78, 5) is 10.9. The summed E-state index contributed by atoms with van der Waals surface area (Å²) in [5.74, 6) is -1.04. The number of aromatic amines is 1. The number of hydrogen-bond acceptors (Lipinski definition) is 3. The molecule has 3 N–H and O–H groups in total. The highest BCUT2D eigenvalue weighted by atomic mass is 16.4. The number of nitrogens with one attached hydrogen (secondary N) is 2. The number of hydrogen-bond donors (Lipinski definition) is 3. The van der Waals surface area contributed by atoms with Gasteiger partial charge in [-0.3, -0.25) is 5.10 Å². The van der Waals surface area contributed by atoms with Crippen LogP contribution in [0.2, 0.25) is 0 Å². The van der Waals surface area contributed by atoms with Gasteiger partial charge in [0.25, 0.3) is 0 Å². The second kappa shape index (κ2) is 4.69. The Hall–Kier alpha value is -2.30. The van der Waals surface area contributed by atoms with E-state index in [1.807, 2.05) is 30.3 Å². The third-order valence-electron chi connectivity index (χ3n) is 2.46. The van der Waals surface area contributed by atoms with Crippen molar-refractivity contribution in [2.45, 2.75) is 13.5 Å². The Morgan fingerprint density at radius 3 is 2.76 bits per heavy atom. The molecule has 17 heavy (non-hydrogen) atoms. The molecule has 1 heterocycles. The van der Waals surface area contributed by atoms with E-state index >= 15 is 0 Å². The van der Waals surface area contributed by atoms with Gasteiger partial charge in [-0.25, -0.2) is 4.79 Å². The molecule has 0 radical (unpaired) electrons. The van der Waals surface area contributed by atoms with Crippen LogP contribution < -0.4 is 5.32 Å². The molecule has 0 bridgehead atoms. The predicted molar refractivity (Wildman–Crippen MR) is 64.1 cm³/mol. The fraction of sp³-hybridized carbons (Fsp3) is 0.167. The molecule has 88 valence electrons. The van der Waals surface area contributed by atoms with Gasteiger partial charge >= 0.3 is 5.97 Å². The maximum atomic E-state index is 10.9. The number of rotatable bonds is 4. The molecule has 0 spiro atoms. The molecule has 0 amide bonds. The van der Waals surface area contributed by atoms with Gasteiger partial charge in [-0.05, 0) is 12.5 Å². The highest BCUT2D eigenvalue weighted by Crippen LogP contribution is 2.18. The van der Waals surface area contributed by atoms with Gasteiger partial charge in [0.1, 0.15) is 0 Å². The molecule has 1 aromatic carbocycles.